The average molecular weight is 622 g/mol. The Kier molecular flexibility index (Phi) is 10.1. The van der Waals surface area contributed by atoms with Crippen LogP contribution in [0.1, 0.15) is 0 Å². The molecule has 0 aliphatic heterocycles. The highest BCUT2D eigenvalue weighted by Crippen LogP contribution is 2.19. The third-order valence-electron chi connectivity index (χ3n) is 6.90. The molecule has 0 aliphatic carbocycles. The first-order chi connectivity index (χ1) is 22.3. The van der Waals surface area contributed by atoms with Crippen LogP contribution >= 0.6 is 22.7 Å². The third-order valence-corrected chi connectivity index (χ3v) is 8.60. The normalized spacial score (nSPS) is 10.2. The molecule has 0 atom stereocenters. The second-order valence-corrected chi connectivity index (χ2v) is 11.7. The van der Waals surface area contributed by atoms with Gasteiger partial charge in [0.1, 0.15) is 5.58 Å². The number of thiazole rings is 1. The quantitative estimate of drug-likeness (QED) is 0.177. The van der Waals surface area contributed by atoms with Crippen LogP contribution in [0.25, 0.3) is 52.9 Å². The van der Waals surface area contributed by atoms with Crippen molar-refractivity contribution in [3.05, 3.63) is 175 Å². The maximum absolute atomic E-state index is 5.12. The van der Waals surface area contributed by atoms with Gasteiger partial charge in [-0.3, -0.25) is 0 Å². The van der Waals surface area contributed by atoms with Gasteiger partial charge < -0.3 is 14.4 Å². The highest BCUT2D eigenvalue weighted by molar-refractivity contribution is 7.17. The number of hydrogen-bond acceptors (Lipinski definition) is 4. The molecule has 0 unspecified atom stereocenters. The van der Waals surface area contributed by atoms with Gasteiger partial charge in [-0.1, -0.05) is 91.0 Å². The lowest BCUT2D eigenvalue weighted by Crippen LogP contribution is -1.61. The summed E-state index contributed by atoms with van der Waals surface area (Å²) in [6.45, 7) is 0. The summed E-state index contributed by atoms with van der Waals surface area (Å²) < 4.78 is 7.75. The summed E-state index contributed by atoms with van der Waals surface area (Å²) in [5, 5.41) is 8.46. The Morgan fingerprint density at radius 3 is 1.89 bits per heavy atom. The third kappa shape index (κ3) is 8.15. The van der Waals surface area contributed by atoms with Crippen molar-refractivity contribution >= 4 is 75.6 Å². The topological polar surface area (TPSA) is 57.6 Å². The van der Waals surface area contributed by atoms with Gasteiger partial charge in [-0.25, -0.2) is 4.98 Å². The van der Waals surface area contributed by atoms with Gasteiger partial charge in [-0.2, -0.15) is 0 Å². The second kappa shape index (κ2) is 15.3. The molecule has 0 saturated carbocycles. The molecule has 10 aromatic rings. The van der Waals surface area contributed by atoms with Gasteiger partial charge in [-0.05, 0) is 75.5 Å². The number of nitrogens with zero attached hydrogens (tertiary/aromatic N) is 1. The Hall–Kier alpha value is -5.43. The number of rotatable bonds is 0. The van der Waals surface area contributed by atoms with Gasteiger partial charge >= 0.3 is 0 Å². The lowest BCUT2D eigenvalue weighted by Gasteiger charge is -1.83. The molecule has 0 aliphatic rings. The minimum absolute atomic E-state index is 0.956. The molecule has 45 heavy (non-hydrogen) atoms. The highest BCUT2D eigenvalue weighted by atomic mass is 32.1. The molecule has 0 spiro atoms. The molecule has 6 heteroatoms. The van der Waals surface area contributed by atoms with Gasteiger partial charge in [0.2, 0.25) is 0 Å². The van der Waals surface area contributed by atoms with E-state index in [1.54, 1.807) is 28.9 Å². The number of aromatic nitrogens is 3. The highest BCUT2D eigenvalue weighted by Gasteiger charge is 1.91. The van der Waals surface area contributed by atoms with Gasteiger partial charge in [0.05, 0.1) is 22.0 Å². The van der Waals surface area contributed by atoms with E-state index < -0.39 is 0 Å². The van der Waals surface area contributed by atoms with E-state index in [9.17, 15) is 0 Å². The lowest BCUT2D eigenvalue weighted by atomic mass is 10.2. The summed E-state index contributed by atoms with van der Waals surface area (Å²) in [4.78, 5) is 10.3. The van der Waals surface area contributed by atoms with E-state index in [1.807, 2.05) is 96.9 Å². The fraction of sp³-hybridized carbons (Fsp3) is 0. The minimum Gasteiger partial charge on any atom is -0.464 e. The van der Waals surface area contributed by atoms with E-state index >= 15 is 0 Å². The Balaban J connectivity index is 0.0000000992. The Labute approximate surface area is 269 Å². The number of H-pyrrole nitrogens is 2. The van der Waals surface area contributed by atoms with E-state index in [2.05, 4.69) is 87.1 Å². The second-order valence-electron chi connectivity index (χ2n) is 9.89. The van der Waals surface area contributed by atoms with Crippen LogP contribution in [0.3, 0.4) is 0 Å². The molecule has 2 N–H and O–H groups in total. The number of furan rings is 1. The first-order valence-corrected chi connectivity index (χ1v) is 16.3. The fourth-order valence-corrected chi connectivity index (χ4v) is 6.07. The molecular weight excluding hydrogens is 591 g/mol. The van der Waals surface area contributed by atoms with Crippen molar-refractivity contribution in [2.24, 2.45) is 0 Å². The smallest absolute Gasteiger partial charge is 0.133 e. The van der Waals surface area contributed by atoms with Crippen LogP contribution in [0.5, 0.6) is 0 Å². The number of hydrogen-bond donors (Lipinski definition) is 2. The van der Waals surface area contributed by atoms with E-state index in [0.717, 1.165) is 16.5 Å². The largest absolute Gasteiger partial charge is 0.464 e. The number of thiophene rings is 1. The van der Waals surface area contributed by atoms with Crippen LogP contribution in [0.4, 0.5) is 0 Å². The maximum atomic E-state index is 5.12. The van der Waals surface area contributed by atoms with Crippen molar-refractivity contribution in [2.75, 3.05) is 0 Å². The molecular formula is C39H31N3OS2. The first-order valence-electron chi connectivity index (χ1n) is 14.5. The Morgan fingerprint density at radius 1 is 0.511 bits per heavy atom. The number of benzene rings is 5. The van der Waals surface area contributed by atoms with Crippen LogP contribution in [-0.2, 0) is 0 Å². The van der Waals surface area contributed by atoms with E-state index in [4.69, 9.17) is 4.42 Å². The fourth-order valence-electron chi connectivity index (χ4n) is 4.61. The van der Waals surface area contributed by atoms with Crippen molar-refractivity contribution in [3.8, 4) is 0 Å². The van der Waals surface area contributed by atoms with Gasteiger partial charge in [0.25, 0.3) is 0 Å². The van der Waals surface area contributed by atoms with Crippen LogP contribution in [-0.4, -0.2) is 15.0 Å². The van der Waals surface area contributed by atoms with Crippen LogP contribution < -0.4 is 0 Å². The maximum Gasteiger partial charge on any atom is 0.133 e. The number of fused-ring (bicyclic) bond motifs is 5. The standard InChI is InChI=1S/2C8H7N.C8H6O.C8H6S.C7H5NS/c1-2-4-8-6-9-5-7(8)3-1;3*1-2-4-8-7(3-1)5-6-9-8;1-2-4-7-6(3-1)8-5-9-7/h2*1-6,9H;2*1-6H;1-5H. The molecule has 0 bridgehead atoms. The van der Waals surface area contributed by atoms with E-state index in [-0.39, 0.29) is 0 Å². The Morgan fingerprint density at radius 2 is 1.16 bits per heavy atom. The molecule has 5 aromatic carbocycles. The zero-order valence-electron chi connectivity index (χ0n) is 24.4. The minimum atomic E-state index is 0.956. The molecule has 5 heterocycles. The van der Waals surface area contributed by atoms with E-state index in [0.29, 0.717) is 0 Å². The summed E-state index contributed by atoms with van der Waals surface area (Å²) in [7, 11) is 0. The molecule has 0 fully saturated rings. The molecule has 0 radical (unpaired) electrons. The summed E-state index contributed by atoms with van der Waals surface area (Å²) in [5.41, 5.74) is 5.13. The molecule has 220 valence electrons. The summed E-state index contributed by atoms with van der Waals surface area (Å²) in [5.74, 6) is 0. The summed E-state index contributed by atoms with van der Waals surface area (Å²) >= 11 is 3.46. The van der Waals surface area contributed by atoms with E-state index in [1.165, 1.54) is 36.5 Å². The van der Waals surface area contributed by atoms with Gasteiger partial charge in [0, 0.05) is 34.2 Å². The zero-order valence-corrected chi connectivity index (χ0v) is 26.0. The first kappa shape index (κ1) is 29.6. The average Bonchev–Trinajstić information content (AvgIpc) is 3.95. The SMILES string of the molecule is c1ccc2[nH]ccc2c1.c1ccc2c[nH]cc2c1.c1ccc2occc2c1.c1ccc2sccc2c1.c1ccc2scnc2c1. The molecule has 5 aromatic heterocycles. The van der Waals surface area contributed by atoms with Gasteiger partial charge in [-0.15, -0.1) is 22.7 Å². The number of nitrogens with one attached hydrogen (secondary N) is 2. The molecule has 0 saturated heterocycles. The zero-order chi connectivity index (χ0) is 30.5. The molecule has 0 amide bonds. The van der Waals surface area contributed by atoms with Crippen LogP contribution in [0.2, 0.25) is 0 Å². The lowest BCUT2D eigenvalue weighted by molar-refractivity contribution is 0.616. The van der Waals surface area contributed by atoms with Crippen molar-refractivity contribution in [1.82, 2.24) is 15.0 Å². The predicted octanol–water partition coefficient (Wildman–Crippen LogP) is 12.0. The predicted molar refractivity (Wildman–Crippen MR) is 194 cm³/mol. The van der Waals surface area contributed by atoms with Crippen molar-refractivity contribution in [1.29, 1.82) is 0 Å². The number of aromatic amines is 2. The monoisotopic (exact) mass is 621 g/mol. The van der Waals surface area contributed by atoms with Crippen LogP contribution in [0, 0.1) is 0 Å². The van der Waals surface area contributed by atoms with Crippen molar-refractivity contribution < 1.29 is 4.42 Å². The molecule has 10 rings (SSSR count). The number of para-hydroxylation sites is 3. The summed E-state index contributed by atoms with van der Waals surface area (Å²) in [6.07, 6.45) is 7.64. The van der Waals surface area contributed by atoms with Crippen molar-refractivity contribution in [3.63, 3.8) is 0 Å². The summed E-state index contributed by atoms with van der Waals surface area (Å²) in [6, 6.07) is 47.1. The Bertz CT molecular complexity index is 1790. The molecule has 4 nitrogen and oxygen atoms in total. The van der Waals surface area contributed by atoms with Gasteiger partial charge in [0.15, 0.2) is 0 Å². The van der Waals surface area contributed by atoms with Crippen molar-refractivity contribution in [2.45, 2.75) is 0 Å². The van der Waals surface area contributed by atoms with Crippen LogP contribution in [0.15, 0.2) is 180 Å².